The van der Waals surface area contributed by atoms with E-state index in [4.69, 9.17) is 4.42 Å². The maximum atomic E-state index is 6.77. The predicted molar refractivity (Wildman–Crippen MR) is 265 cm³/mol. The monoisotopic (exact) mass is 829 g/mol. The number of rotatable bonds is 15. The van der Waals surface area contributed by atoms with Gasteiger partial charge in [0.1, 0.15) is 11.7 Å². The van der Waals surface area contributed by atoms with Gasteiger partial charge in [0.05, 0.1) is 11.1 Å². The van der Waals surface area contributed by atoms with Crippen molar-refractivity contribution in [2.24, 2.45) is 5.92 Å². The number of unbranched alkanes of at least 4 members (excludes halogenated alkanes) is 2. The quantitative estimate of drug-likeness (QED) is 0.0596. The predicted octanol–water partition coefficient (Wildman–Crippen LogP) is 15.6. The van der Waals surface area contributed by atoms with Gasteiger partial charge in [0.15, 0.2) is 23.0 Å². The summed E-state index contributed by atoms with van der Waals surface area (Å²) in [5, 5.41) is 2.34. The molecular weight excluding hydrogens is 755 g/mol. The molecule has 0 amide bonds. The molecule has 0 N–H and O–H groups in total. The fraction of sp³-hybridized carbons (Fsp3) is 0.466. The molecular formula is C58H74N3O+. The first-order valence-electron chi connectivity index (χ1n) is 24.2. The Morgan fingerprint density at radius 3 is 2.26 bits per heavy atom. The van der Waals surface area contributed by atoms with Crippen LogP contribution in [0.15, 0.2) is 120 Å². The Labute approximate surface area is 374 Å². The number of benzene rings is 4. The number of allylic oxidation sites excluding steroid dienone is 1. The van der Waals surface area contributed by atoms with Gasteiger partial charge in [-0.25, -0.2) is 0 Å². The molecule has 4 heteroatoms. The topological polar surface area (TPSA) is 22.6 Å². The van der Waals surface area contributed by atoms with Crippen LogP contribution in [0.4, 0.5) is 5.69 Å². The summed E-state index contributed by atoms with van der Waals surface area (Å²) in [6.07, 6.45) is 20.6. The first-order chi connectivity index (χ1) is 29.8. The Bertz CT molecular complexity index is 2560. The molecule has 0 saturated heterocycles. The van der Waals surface area contributed by atoms with Gasteiger partial charge in [-0.2, -0.15) is 4.58 Å². The van der Waals surface area contributed by atoms with Crippen molar-refractivity contribution in [1.82, 2.24) is 4.90 Å². The van der Waals surface area contributed by atoms with E-state index in [1.54, 1.807) is 11.1 Å². The lowest BCUT2D eigenvalue weighted by Gasteiger charge is -2.45. The number of furan rings is 1. The molecule has 0 saturated carbocycles. The Morgan fingerprint density at radius 1 is 0.790 bits per heavy atom. The van der Waals surface area contributed by atoms with E-state index in [9.17, 15) is 0 Å². The number of hydrogen-bond acceptors (Lipinski definition) is 3. The normalized spacial score (nSPS) is 22.7. The number of fused-ring (bicyclic) bond motifs is 6. The van der Waals surface area contributed by atoms with Crippen LogP contribution in [0.2, 0.25) is 0 Å². The van der Waals surface area contributed by atoms with E-state index in [0.717, 1.165) is 30.4 Å². The summed E-state index contributed by atoms with van der Waals surface area (Å²) in [5.74, 6) is 1.77. The summed E-state index contributed by atoms with van der Waals surface area (Å²) in [6, 6.07) is 29.8. The zero-order valence-electron chi connectivity index (χ0n) is 40.1. The van der Waals surface area contributed by atoms with Crippen LogP contribution in [-0.2, 0) is 5.41 Å². The van der Waals surface area contributed by atoms with Crippen molar-refractivity contribution in [1.29, 1.82) is 0 Å². The maximum Gasteiger partial charge on any atom is 0.186 e. The molecule has 0 radical (unpaired) electrons. The fourth-order valence-electron chi connectivity index (χ4n) is 12.2. The van der Waals surface area contributed by atoms with Gasteiger partial charge in [-0.1, -0.05) is 147 Å². The van der Waals surface area contributed by atoms with Crippen LogP contribution in [0.3, 0.4) is 0 Å². The van der Waals surface area contributed by atoms with Crippen LogP contribution in [0.5, 0.6) is 0 Å². The Kier molecular flexibility index (Phi) is 12.3. The van der Waals surface area contributed by atoms with E-state index in [1.165, 1.54) is 75.7 Å². The summed E-state index contributed by atoms with van der Waals surface area (Å²) in [4.78, 5) is 5.12. The number of hydrogen-bond donors (Lipinski definition) is 0. The summed E-state index contributed by atoms with van der Waals surface area (Å²) >= 11 is 0. The van der Waals surface area contributed by atoms with Crippen molar-refractivity contribution in [3.8, 4) is 0 Å². The van der Waals surface area contributed by atoms with E-state index < -0.39 is 0 Å². The summed E-state index contributed by atoms with van der Waals surface area (Å²) in [6.45, 7) is 28.7. The van der Waals surface area contributed by atoms with Crippen molar-refractivity contribution in [3.05, 3.63) is 149 Å². The highest BCUT2D eigenvalue weighted by Crippen LogP contribution is 2.58. The molecule has 0 fully saturated rings. The van der Waals surface area contributed by atoms with Gasteiger partial charge in [0, 0.05) is 54.5 Å². The lowest BCUT2D eigenvalue weighted by molar-refractivity contribution is -0.563. The van der Waals surface area contributed by atoms with Crippen molar-refractivity contribution in [2.45, 2.75) is 169 Å². The third kappa shape index (κ3) is 6.99. The lowest BCUT2D eigenvalue weighted by Crippen LogP contribution is -2.58. The molecule has 326 valence electrons. The number of aryl methyl sites for hydroxylation is 1. The van der Waals surface area contributed by atoms with Crippen molar-refractivity contribution in [2.75, 3.05) is 4.90 Å². The molecule has 3 aliphatic rings. The minimum absolute atomic E-state index is 0.0208. The maximum absolute atomic E-state index is 6.77. The van der Waals surface area contributed by atoms with Crippen LogP contribution >= 0.6 is 0 Å². The van der Waals surface area contributed by atoms with E-state index in [2.05, 4.69) is 207 Å². The standard InChI is InChI=1S/C58H74N3O/c1-13-16-17-23-41(9)47-27-22-26-46(38(4)5)53(47)43(11)40(8)32-33-61-44(12)48-24-18-20-28-51(48)57(14-2)36-45(37-58(57,61)15-3)56-59(39(6)7)34-35-60(56)54-42(10)30-31-50-49-25-19-21-29-52(49)62-55(50)54/h18-22,24-36,38-41,43,56H,13-17,23,37H2,1-12H3/q+1. The third-order valence-corrected chi connectivity index (χ3v) is 15.7. The molecule has 6 unspecified atom stereocenters. The molecule has 0 bridgehead atoms. The first-order valence-corrected chi connectivity index (χ1v) is 24.2. The second-order valence-corrected chi connectivity index (χ2v) is 19.8. The van der Waals surface area contributed by atoms with Crippen LogP contribution in [-0.4, -0.2) is 32.9 Å². The highest BCUT2D eigenvalue weighted by atomic mass is 16.3. The molecule has 1 aliphatic carbocycles. The SMILES string of the molecule is CCCCCC(C)c1cccc(C(C)C)c1C(C)C(C)C=C[N+]1=C(C)c2ccccc2C2(CC)C=C(C3N(c4c(C)ccc5c4oc4ccccc45)C=CN3C(C)C)CC12CC. The van der Waals surface area contributed by atoms with Crippen LogP contribution in [0.1, 0.15) is 172 Å². The third-order valence-electron chi connectivity index (χ3n) is 15.7. The summed E-state index contributed by atoms with van der Waals surface area (Å²) in [7, 11) is 0. The van der Waals surface area contributed by atoms with E-state index in [1.807, 2.05) is 0 Å². The van der Waals surface area contributed by atoms with E-state index in [-0.39, 0.29) is 17.1 Å². The van der Waals surface area contributed by atoms with Gasteiger partial charge in [-0.05, 0) is 109 Å². The first kappa shape index (κ1) is 43.8. The van der Waals surface area contributed by atoms with E-state index in [0.29, 0.717) is 29.7 Å². The van der Waals surface area contributed by atoms with Crippen molar-refractivity contribution in [3.63, 3.8) is 0 Å². The molecule has 5 aromatic rings. The largest absolute Gasteiger partial charge is 0.454 e. The smallest absolute Gasteiger partial charge is 0.186 e. The molecule has 0 spiro atoms. The molecule has 2 aliphatic heterocycles. The summed E-state index contributed by atoms with van der Waals surface area (Å²) in [5.41, 5.74) is 14.3. The van der Waals surface area contributed by atoms with Gasteiger partial charge in [0.25, 0.3) is 0 Å². The Morgan fingerprint density at radius 2 is 1.53 bits per heavy atom. The van der Waals surface area contributed by atoms with Gasteiger partial charge in [0.2, 0.25) is 0 Å². The van der Waals surface area contributed by atoms with Gasteiger partial charge in [-0.3, -0.25) is 0 Å². The molecule has 62 heavy (non-hydrogen) atoms. The number of para-hydroxylation sites is 1. The zero-order valence-corrected chi connectivity index (χ0v) is 40.1. The van der Waals surface area contributed by atoms with Crippen molar-refractivity contribution >= 4 is 33.3 Å². The molecule has 1 aromatic heterocycles. The average molecular weight is 829 g/mol. The van der Waals surface area contributed by atoms with Crippen molar-refractivity contribution < 1.29 is 8.99 Å². The second-order valence-electron chi connectivity index (χ2n) is 19.8. The number of anilines is 1. The van der Waals surface area contributed by atoms with Gasteiger partial charge >= 0.3 is 0 Å². The molecule has 3 heterocycles. The van der Waals surface area contributed by atoms with Crippen LogP contribution in [0.25, 0.3) is 21.9 Å². The zero-order chi connectivity index (χ0) is 44.1. The van der Waals surface area contributed by atoms with Crippen LogP contribution < -0.4 is 4.90 Å². The average Bonchev–Trinajstić information content (AvgIpc) is 3.98. The summed E-state index contributed by atoms with van der Waals surface area (Å²) < 4.78 is 9.53. The minimum atomic E-state index is -0.185. The lowest BCUT2D eigenvalue weighted by atomic mass is 9.60. The van der Waals surface area contributed by atoms with Crippen LogP contribution in [0, 0.1) is 12.8 Å². The van der Waals surface area contributed by atoms with Gasteiger partial charge in [-0.15, -0.1) is 0 Å². The Balaban J connectivity index is 1.23. The fourth-order valence-corrected chi connectivity index (χ4v) is 12.2. The number of nitrogens with zero attached hydrogens (tertiary/aromatic N) is 3. The second kappa shape index (κ2) is 17.4. The van der Waals surface area contributed by atoms with E-state index >= 15 is 0 Å². The highest BCUT2D eigenvalue weighted by molar-refractivity contribution is 6.09. The minimum Gasteiger partial charge on any atom is -0.454 e. The molecule has 4 nitrogen and oxygen atoms in total. The molecule has 8 rings (SSSR count). The highest BCUT2D eigenvalue weighted by Gasteiger charge is 2.65. The molecule has 6 atom stereocenters. The Hall–Kier alpha value is -4.83. The van der Waals surface area contributed by atoms with Gasteiger partial charge < -0.3 is 14.2 Å². The molecule has 4 aromatic carbocycles.